The number of hydrogen-bond acceptors (Lipinski definition) is 1. The lowest BCUT2D eigenvalue weighted by Crippen LogP contribution is -2.66. The zero-order chi connectivity index (χ0) is 23.3. The number of rotatable bonds is 2. The normalized spacial score (nSPS) is 54.4. The fraction of sp³-hybridized carbons (Fsp3) is 0.903. The van der Waals surface area contributed by atoms with Crippen LogP contribution in [0.2, 0.25) is 0 Å². The lowest BCUT2D eigenvalue weighted by molar-refractivity contribution is -0.232. The Hall–Kier alpha value is -0.590. The molecule has 5 aliphatic rings. The highest BCUT2D eigenvalue weighted by Crippen LogP contribution is 2.77. The van der Waals surface area contributed by atoms with Gasteiger partial charge < -0.3 is 0 Å². The Kier molecular flexibility index (Phi) is 5.05. The Morgan fingerprint density at radius 1 is 0.844 bits per heavy atom. The summed E-state index contributed by atoms with van der Waals surface area (Å²) in [7, 11) is 0. The highest BCUT2D eigenvalue weighted by Gasteiger charge is 2.70. The Bertz CT molecular complexity index is 807. The van der Waals surface area contributed by atoms with Gasteiger partial charge in [0, 0.05) is 11.8 Å². The molecule has 0 saturated heterocycles. The molecule has 0 aromatic rings. The number of carbonyl (C=O) groups excluding carboxylic acids is 1. The maximum Gasteiger partial charge on any atom is 0.138 e. The number of ketones is 1. The third-order valence-electron chi connectivity index (χ3n) is 13.6. The van der Waals surface area contributed by atoms with E-state index in [1.165, 1.54) is 51.4 Å². The second kappa shape index (κ2) is 6.97. The molecule has 0 aromatic carbocycles. The van der Waals surface area contributed by atoms with Crippen molar-refractivity contribution in [1.82, 2.24) is 0 Å². The van der Waals surface area contributed by atoms with Crippen LogP contribution in [0.25, 0.3) is 0 Å². The van der Waals surface area contributed by atoms with Crippen LogP contribution >= 0.6 is 0 Å². The van der Waals surface area contributed by atoms with Crippen LogP contribution in [0.4, 0.5) is 0 Å². The third kappa shape index (κ3) is 2.61. The Labute approximate surface area is 198 Å². The van der Waals surface area contributed by atoms with Crippen molar-refractivity contribution in [2.24, 2.45) is 62.6 Å². The molecule has 0 radical (unpaired) electrons. The van der Waals surface area contributed by atoms with Crippen molar-refractivity contribution in [1.29, 1.82) is 0 Å². The molecule has 5 unspecified atom stereocenters. The molecule has 0 aliphatic heterocycles. The first kappa shape index (κ1) is 23.2. The molecule has 0 bridgehead atoms. The van der Waals surface area contributed by atoms with Crippen LogP contribution in [0.15, 0.2) is 12.7 Å². The summed E-state index contributed by atoms with van der Waals surface area (Å²) in [5.74, 6) is 5.22. The molecule has 32 heavy (non-hydrogen) atoms. The van der Waals surface area contributed by atoms with Gasteiger partial charge in [0.15, 0.2) is 0 Å². The summed E-state index contributed by atoms with van der Waals surface area (Å²) in [5.41, 5.74) is 1.45. The highest BCUT2D eigenvalue weighted by molar-refractivity contribution is 5.85. The van der Waals surface area contributed by atoms with Gasteiger partial charge in [-0.25, -0.2) is 0 Å². The second-order valence-electron chi connectivity index (χ2n) is 14.7. The zero-order valence-corrected chi connectivity index (χ0v) is 22.2. The molecule has 0 aromatic heterocycles. The first-order valence-electron chi connectivity index (χ1n) is 14.0. The van der Waals surface area contributed by atoms with Crippen LogP contribution < -0.4 is 0 Å². The monoisotopic (exact) mass is 438 g/mol. The van der Waals surface area contributed by atoms with Gasteiger partial charge in [-0.05, 0) is 115 Å². The minimum absolute atomic E-state index is 0.134. The summed E-state index contributed by atoms with van der Waals surface area (Å²) < 4.78 is 0. The molecule has 0 spiro atoms. The van der Waals surface area contributed by atoms with Crippen molar-refractivity contribution >= 4 is 5.78 Å². The summed E-state index contributed by atoms with van der Waals surface area (Å²) in [6, 6.07) is 0. The molecule has 5 saturated carbocycles. The molecule has 180 valence electrons. The molecular formula is C31H50O. The average molecular weight is 439 g/mol. The maximum atomic E-state index is 12.9. The first-order valence-corrected chi connectivity index (χ1v) is 14.0. The number of allylic oxidation sites excluding steroid dienone is 1. The largest absolute Gasteiger partial charge is 0.299 e. The number of Topliss-reactive ketones (excluding diaryl/α,β-unsaturated/α-hetero) is 1. The van der Waals surface area contributed by atoms with E-state index in [4.69, 9.17) is 0 Å². The zero-order valence-electron chi connectivity index (χ0n) is 22.2. The van der Waals surface area contributed by atoms with E-state index in [0.29, 0.717) is 33.4 Å². The predicted octanol–water partition coefficient (Wildman–Crippen LogP) is 8.48. The summed E-state index contributed by atoms with van der Waals surface area (Å²) in [5, 5.41) is 0. The Morgan fingerprint density at radius 3 is 2.22 bits per heavy atom. The smallest absolute Gasteiger partial charge is 0.138 e. The minimum atomic E-state index is -0.134. The summed E-state index contributed by atoms with van der Waals surface area (Å²) in [4.78, 5) is 12.9. The van der Waals surface area contributed by atoms with Gasteiger partial charge in [-0.15, -0.1) is 6.58 Å². The Morgan fingerprint density at radius 2 is 1.56 bits per heavy atom. The van der Waals surface area contributed by atoms with Crippen LogP contribution in [-0.4, -0.2) is 5.78 Å². The number of fused-ring (bicyclic) bond motifs is 7. The second-order valence-corrected chi connectivity index (χ2v) is 14.7. The van der Waals surface area contributed by atoms with Gasteiger partial charge in [-0.2, -0.15) is 0 Å². The molecule has 1 heteroatoms. The minimum Gasteiger partial charge on any atom is -0.299 e. The standard InChI is InChI=1S/C31H50O/c1-9-31-17-12-21(20(2)3)26(31)22-10-11-24-28(6)15-14-25(32)27(4,5)23(28)13-16-30(24,8)29(22,7)18-19-31/h9,20-24,26H,1,10-19H2,2-8H3/t21-,22?,23?,24?,26?,28?,29+,30+,31+/m0/s1. The van der Waals surface area contributed by atoms with Crippen LogP contribution in [0.5, 0.6) is 0 Å². The van der Waals surface area contributed by atoms with E-state index in [1.54, 1.807) is 0 Å². The fourth-order valence-corrected chi connectivity index (χ4v) is 11.6. The fourth-order valence-electron chi connectivity index (χ4n) is 11.6. The van der Waals surface area contributed by atoms with Crippen LogP contribution in [0.1, 0.15) is 113 Å². The van der Waals surface area contributed by atoms with Gasteiger partial charge in [-0.1, -0.05) is 54.5 Å². The van der Waals surface area contributed by atoms with E-state index in [1.807, 2.05) is 0 Å². The summed E-state index contributed by atoms with van der Waals surface area (Å²) in [6.07, 6.45) is 15.3. The molecule has 5 aliphatic carbocycles. The quantitative estimate of drug-likeness (QED) is 0.395. The van der Waals surface area contributed by atoms with Crippen molar-refractivity contribution in [2.75, 3.05) is 0 Å². The SMILES string of the molecule is C=C[C@]12CC[C@@H](C(C)C)C1C1CCC3C4(C)CCC(=O)C(C)(C)C4CC[C@@]3(C)[C@]1(C)CC2. The molecule has 0 N–H and O–H groups in total. The lowest BCUT2D eigenvalue weighted by atomic mass is 9.32. The van der Waals surface area contributed by atoms with Gasteiger partial charge in [0.1, 0.15) is 5.78 Å². The average Bonchev–Trinajstić information content (AvgIpc) is 3.12. The van der Waals surface area contributed by atoms with E-state index in [9.17, 15) is 4.79 Å². The molecule has 0 amide bonds. The van der Waals surface area contributed by atoms with E-state index in [2.05, 4.69) is 61.1 Å². The highest BCUT2D eigenvalue weighted by atomic mass is 16.1. The molecule has 5 fully saturated rings. The molecular weight excluding hydrogens is 388 g/mol. The first-order chi connectivity index (χ1) is 14.9. The number of carbonyl (C=O) groups is 1. The van der Waals surface area contributed by atoms with Gasteiger partial charge >= 0.3 is 0 Å². The van der Waals surface area contributed by atoms with E-state index < -0.39 is 0 Å². The number of hydrogen-bond donors (Lipinski definition) is 0. The van der Waals surface area contributed by atoms with E-state index >= 15 is 0 Å². The van der Waals surface area contributed by atoms with Gasteiger partial charge in [0.2, 0.25) is 0 Å². The molecule has 0 heterocycles. The van der Waals surface area contributed by atoms with Crippen molar-refractivity contribution in [3.63, 3.8) is 0 Å². The summed E-state index contributed by atoms with van der Waals surface area (Å²) >= 11 is 0. The molecule has 5 rings (SSSR count). The predicted molar refractivity (Wildman–Crippen MR) is 134 cm³/mol. The third-order valence-corrected chi connectivity index (χ3v) is 13.6. The van der Waals surface area contributed by atoms with E-state index in [0.717, 1.165) is 42.4 Å². The van der Waals surface area contributed by atoms with E-state index in [-0.39, 0.29) is 5.41 Å². The van der Waals surface area contributed by atoms with Crippen molar-refractivity contribution in [3.8, 4) is 0 Å². The van der Waals surface area contributed by atoms with Gasteiger partial charge in [0.25, 0.3) is 0 Å². The lowest BCUT2D eigenvalue weighted by Gasteiger charge is -2.72. The molecule has 9 atom stereocenters. The molecule has 1 nitrogen and oxygen atoms in total. The van der Waals surface area contributed by atoms with Crippen molar-refractivity contribution in [3.05, 3.63) is 12.7 Å². The van der Waals surface area contributed by atoms with Crippen molar-refractivity contribution in [2.45, 2.75) is 113 Å². The van der Waals surface area contributed by atoms with Crippen LogP contribution in [0.3, 0.4) is 0 Å². The Balaban J connectivity index is 1.56. The topological polar surface area (TPSA) is 17.1 Å². The van der Waals surface area contributed by atoms with Gasteiger partial charge in [-0.3, -0.25) is 4.79 Å². The summed E-state index contributed by atoms with van der Waals surface area (Å²) in [6.45, 7) is 22.0. The maximum absolute atomic E-state index is 12.9. The van der Waals surface area contributed by atoms with Crippen molar-refractivity contribution < 1.29 is 4.79 Å². The van der Waals surface area contributed by atoms with Gasteiger partial charge in [0.05, 0.1) is 0 Å². The van der Waals surface area contributed by atoms with Crippen LogP contribution in [0, 0.1) is 62.6 Å². The van der Waals surface area contributed by atoms with Crippen LogP contribution in [-0.2, 0) is 4.79 Å².